The molecule has 110 valence electrons. The van der Waals surface area contributed by atoms with E-state index in [1.807, 2.05) is 18.2 Å². The first kappa shape index (κ1) is 15.1. The van der Waals surface area contributed by atoms with Crippen molar-refractivity contribution in [1.82, 2.24) is 9.97 Å². The Bertz CT molecular complexity index is 678. The van der Waals surface area contributed by atoms with Crippen molar-refractivity contribution < 1.29 is 9.66 Å². The predicted octanol–water partition coefficient (Wildman–Crippen LogP) is 3.24. The molecule has 0 saturated carbocycles. The van der Waals surface area contributed by atoms with Crippen LogP contribution in [0.25, 0.3) is 0 Å². The molecule has 2 rings (SSSR count). The first-order valence-corrected chi connectivity index (χ1v) is 6.42. The number of hydrogen-bond acceptors (Lipinski definition) is 6. The van der Waals surface area contributed by atoms with Crippen molar-refractivity contribution in [1.29, 1.82) is 0 Å². The maximum absolute atomic E-state index is 11.1. The molecule has 0 fully saturated rings. The zero-order chi connectivity index (χ0) is 15.4. The van der Waals surface area contributed by atoms with Gasteiger partial charge in [-0.2, -0.15) is 4.98 Å². The van der Waals surface area contributed by atoms with Gasteiger partial charge in [0.25, 0.3) is 0 Å². The molecule has 0 radical (unpaired) electrons. The number of aryl methyl sites for hydroxylation is 1. The second kappa shape index (κ2) is 6.47. The van der Waals surface area contributed by atoms with Crippen molar-refractivity contribution >= 4 is 28.8 Å². The minimum atomic E-state index is -0.535. The Morgan fingerprint density at radius 1 is 1.43 bits per heavy atom. The van der Waals surface area contributed by atoms with Crippen LogP contribution >= 0.6 is 11.6 Å². The maximum Gasteiger partial charge on any atom is 0.332 e. The van der Waals surface area contributed by atoms with Crippen LogP contribution in [0.15, 0.2) is 24.3 Å². The fourth-order valence-corrected chi connectivity index (χ4v) is 2.09. The van der Waals surface area contributed by atoms with E-state index in [0.717, 1.165) is 5.56 Å². The Hall–Kier alpha value is -2.25. The molecule has 0 bridgehead atoms. The summed E-state index contributed by atoms with van der Waals surface area (Å²) in [4.78, 5) is 18.3. The quantitative estimate of drug-likeness (QED) is 0.518. The third kappa shape index (κ3) is 3.65. The number of halogens is 1. The highest BCUT2D eigenvalue weighted by Crippen LogP contribution is 2.29. The molecule has 8 heteroatoms. The number of ether oxygens (including phenoxy) is 1. The van der Waals surface area contributed by atoms with Crippen LogP contribution in [0.4, 0.5) is 17.2 Å². The largest absolute Gasteiger partial charge is 0.380 e. The van der Waals surface area contributed by atoms with Crippen molar-refractivity contribution in [3.05, 3.63) is 50.9 Å². The van der Waals surface area contributed by atoms with E-state index in [9.17, 15) is 10.1 Å². The molecule has 0 atom stereocenters. The zero-order valence-electron chi connectivity index (χ0n) is 11.5. The van der Waals surface area contributed by atoms with Gasteiger partial charge in [0.15, 0.2) is 0 Å². The van der Waals surface area contributed by atoms with E-state index in [1.165, 1.54) is 6.92 Å². The molecule has 0 unspecified atom stereocenters. The molecule has 0 amide bonds. The summed E-state index contributed by atoms with van der Waals surface area (Å²) in [5, 5.41) is 14.0. The molecule has 2 aromatic rings. The molecule has 0 spiro atoms. The number of nitro groups is 1. The van der Waals surface area contributed by atoms with E-state index >= 15 is 0 Å². The van der Waals surface area contributed by atoms with Crippen LogP contribution < -0.4 is 5.32 Å². The first-order chi connectivity index (χ1) is 10.0. The molecule has 1 aromatic carbocycles. The number of anilines is 2. The lowest BCUT2D eigenvalue weighted by atomic mass is 10.2. The molecule has 21 heavy (non-hydrogen) atoms. The average Bonchev–Trinajstić information content (AvgIpc) is 2.38. The van der Waals surface area contributed by atoms with Crippen molar-refractivity contribution in [2.24, 2.45) is 0 Å². The van der Waals surface area contributed by atoms with Gasteiger partial charge in [0.2, 0.25) is 11.1 Å². The third-order valence-corrected chi connectivity index (χ3v) is 2.88. The topological polar surface area (TPSA) is 90.2 Å². The van der Waals surface area contributed by atoms with Gasteiger partial charge in [-0.15, -0.1) is 0 Å². The molecule has 0 aliphatic rings. The highest BCUT2D eigenvalue weighted by molar-refractivity contribution is 6.28. The molecule has 1 N–H and O–H groups in total. The van der Waals surface area contributed by atoms with Gasteiger partial charge in [0.1, 0.15) is 5.69 Å². The van der Waals surface area contributed by atoms with E-state index in [-0.39, 0.29) is 22.5 Å². The van der Waals surface area contributed by atoms with Gasteiger partial charge >= 0.3 is 5.69 Å². The molecular weight excluding hydrogens is 296 g/mol. The Morgan fingerprint density at radius 3 is 2.86 bits per heavy atom. The summed E-state index contributed by atoms with van der Waals surface area (Å²) in [5.74, 6) is 0.0621. The Morgan fingerprint density at radius 2 is 2.19 bits per heavy atom. The van der Waals surface area contributed by atoms with Crippen molar-refractivity contribution in [3.8, 4) is 0 Å². The highest BCUT2D eigenvalue weighted by atomic mass is 35.5. The highest BCUT2D eigenvalue weighted by Gasteiger charge is 2.21. The van der Waals surface area contributed by atoms with E-state index in [2.05, 4.69) is 15.3 Å². The summed E-state index contributed by atoms with van der Waals surface area (Å²) in [6.45, 7) is 1.96. The summed E-state index contributed by atoms with van der Waals surface area (Å²) in [7, 11) is 1.60. The SMILES string of the molecule is COCc1cccc(Nc2nc(Cl)nc(C)c2[N+](=O)[O-])c1. The first-order valence-electron chi connectivity index (χ1n) is 6.04. The van der Waals surface area contributed by atoms with Gasteiger partial charge in [0, 0.05) is 12.8 Å². The lowest BCUT2D eigenvalue weighted by molar-refractivity contribution is -0.385. The number of nitrogens with zero attached hydrogens (tertiary/aromatic N) is 3. The third-order valence-electron chi connectivity index (χ3n) is 2.71. The Kier molecular flexibility index (Phi) is 4.66. The summed E-state index contributed by atoms with van der Waals surface area (Å²) >= 11 is 5.77. The van der Waals surface area contributed by atoms with Crippen LogP contribution in [0.2, 0.25) is 5.28 Å². The average molecular weight is 309 g/mol. The van der Waals surface area contributed by atoms with E-state index < -0.39 is 4.92 Å². The second-order valence-corrected chi connectivity index (χ2v) is 4.63. The molecule has 0 saturated heterocycles. The number of hydrogen-bond donors (Lipinski definition) is 1. The van der Waals surface area contributed by atoms with Crippen molar-refractivity contribution in [3.63, 3.8) is 0 Å². The standard InChI is InChI=1S/C13H13ClN4O3/c1-8-11(18(19)20)12(17-13(14)15-8)16-10-5-3-4-9(6-10)7-21-2/h3-6H,7H2,1-2H3,(H,15,16,17). The lowest BCUT2D eigenvalue weighted by Gasteiger charge is -2.09. The lowest BCUT2D eigenvalue weighted by Crippen LogP contribution is -2.04. The van der Waals surface area contributed by atoms with E-state index in [4.69, 9.17) is 16.3 Å². The Balaban J connectivity index is 2.39. The fraction of sp³-hybridized carbons (Fsp3) is 0.231. The fourth-order valence-electron chi connectivity index (χ4n) is 1.88. The summed E-state index contributed by atoms with van der Waals surface area (Å²) in [6, 6.07) is 7.30. The minimum Gasteiger partial charge on any atom is -0.380 e. The zero-order valence-corrected chi connectivity index (χ0v) is 12.2. The van der Waals surface area contributed by atoms with Crippen LogP contribution in [-0.4, -0.2) is 22.0 Å². The van der Waals surface area contributed by atoms with Gasteiger partial charge in [-0.3, -0.25) is 10.1 Å². The molecule has 1 heterocycles. The van der Waals surface area contributed by atoms with Crippen molar-refractivity contribution in [2.75, 3.05) is 12.4 Å². The summed E-state index contributed by atoms with van der Waals surface area (Å²) in [6.07, 6.45) is 0. The number of methoxy groups -OCH3 is 1. The van der Waals surface area contributed by atoms with Gasteiger partial charge in [-0.1, -0.05) is 12.1 Å². The number of rotatable bonds is 5. The van der Waals surface area contributed by atoms with Crippen LogP contribution in [0, 0.1) is 17.0 Å². The smallest absolute Gasteiger partial charge is 0.332 e. The van der Waals surface area contributed by atoms with E-state index in [1.54, 1.807) is 13.2 Å². The summed E-state index contributed by atoms with van der Waals surface area (Å²) < 4.78 is 5.05. The second-order valence-electron chi connectivity index (χ2n) is 4.29. The monoisotopic (exact) mass is 308 g/mol. The van der Waals surface area contributed by atoms with Crippen LogP contribution in [0.1, 0.15) is 11.3 Å². The van der Waals surface area contributed by atoms with Crippen LogP contribution in [0.3, 0.4) is 0 Å². The molecule has 1 aromatic heterocycles. The van der Waals surface area contributed by atoms with Crippen LogP contribution in [0.5, 0.6) is 0 Å². The molecular formula is C13H13ClN4O3. The van der Waals surface area contributed by atoms with E-state index in [0.29, 0.717) is 12.3 Å². The summed E-state index contributed by atoms with van der Waals surface area (Å²) in [5.41, 5.74) is 1.59. The maximum atomic E-state index is 11.1. The number of aromatic nitrogens is 2. The van der Waals surface area contributed by atoms with Crippen LogP contribution in [-0.2, 0) is 11.3 Å². The Labute approximate surface area is 126 Å². The minimum absolute atomic E-state index is 0.0475. The number of nitrogens with one attached hydrogen (secondary N) is 1. The number of benzene rings is 1. The predicted molar refractivity (Wildman–Crippen MR) is 78.9 cm³/mol. The van der Waals surface area contributed by atoms with Crippen molar-refractivity contribution in [2.45, 2.75) is 13.5 Å². The van der Waals surface area contributed by atoms with Gasteiger partial charge in [0.05, 0.1) is 11.5 Å². The van der Waals surface area contributed by atoms with Gasteiger partial charge in [-0.25, -0.2) is 4.98 Å². The van der Waals surface area contributed by atoms with Gasteiger partial charge in [-0.05, 0) is 36.2 Å². The molecule has 0 aliphatic heterocycles. The molecule has 0 aliphatic carbocycles. The molecule has 7 nitrogen and oxygen atoms in total. The normalized spacial score (nSPS) is 10.4. The van der Waals surface area contributed by atoms with Gasteiger partial charge < -0.3 is 10.1 Å².